The van der Waals surface area contributed by atoms with Gasteiger partial charge in [-0.2, -0.15) is 0 Å². The fourth-order valence-corrected chi connectivity index (χ4v) is 3.94. The van der Waals surface area contributed by atoms with E-state index in [4.69, 9.17) is 11.6 Å². The maximum Gasteiger partial charge on any atom is 0.337 e. The molecule has 0 saturated heterocycles. The van der Waals surface area contributed by atoms with Crippen molar-refractivity contribution in [2.45, 2.75) is 11.8 Å². The van der Waals surface area contributed by atoms with Crippen molar-refractivity contribution < 1.29 is 23.1 Å². The summed E-state index contributed by atoms with van der Waals surface area (Å²) in [6, 6.07) is 16.3. The SMILES string of the molecule is Cc1ccc(NS(=O)(=O)c2ccc(Cl)c(C(=O)Nc3ccccc3C(=O)O)c2)cc1. The lowest BCUT2D eigenvalue weighted by molar-refractivity contribution is 0.0698. The van der Waals surface area contributed by atoms with Crippen LogP contribution in [0.25, 0.3) is 0 Å². The minimum absolute atomic E-state index is 0.0228. The van der Waals surface area contributed by atoms with Gasteiger partial charge in [-0.3, -0.25) is 9.52 Å². The van der Waals surface area contributed by atoms with Crippen LogP contribution in [0.15, 0.2) is 71.6 Å². The van der Waals surface area contributed by atoms with Crippen molar-refractivity contribution in [3.8, 4) is 0 Å². The van der Waals surface area contributed by atoms with Crippen LogP contribution in [0.4, 0.5) is 11.4 Å². The molecule has 3 aromatic carbocycles. The van der Waals surface area contributed by atoms with Crippen molar-refractivity contribution in [3.63, 3.8) is 0 Å². The topological polar surface area (TPSA) is 113 Å². The van der Waals surface area contributed by atoms with Gasteiger partial charge in [0.25, 0.3) is 15.9 Å². The number of carbonyl (C=O) groups excluding carboxylic acids is 1. The number of carboxylic acid groups (broad SMARTS) is 1. The third-order valence-corrected chi connectivity index (χ3v) is 5.91. The number of sulfonamides is 1. The van der Waals surface area contributed by atoms with E-state index in [1.165, 1.54) is 30.3 Å². The molecule has 3 rings (SSSR count). The highest BCUT2D eigenvalue weighted by molar-refractivity contribution is 7.92. The zero-order valence-electron chi connectivity index (χ0n) is 15.7. The number of carboxylic acids is 1. The summed E-state index contributed by atoms with van der Waals surface area (Å²) in [6.07, 6.45) is 0. The van der Waals surface area contributed by atoms with Crippen LogP contribution in [0.5, 0.6) is 0 Å². The smallest absolute Gasteiger partial charge is 0.337 e. The first-order valence-corrected chi connectivity index (χ1v) is 10.6. The number of anilines is 2. The van der Waals surface area contributed by atoms with E-state index in [1.807, 2.05) is 6.92 Å². The highest BCUT2D eigenvalue weighted by atomic mass is 35.5. The molecule has 0 aliphatic carbocycles. The van der Waals surface area contributed by atoms with Gasteiger partial charge in [-0.25, -0.2) is 13.2 Å². The van der Waals surface area contributed by atoms with Gasteiger partial charge < -0.3 is 10.4 Å². The average Bonchev–Trinajstić information content (AvgIpc) is 2.70. The maximum atomic E-state index is 12.7. The third-order valence-electron chi connectivity index (χ3n) is 4.20. The summed E-state index contributed by atoms with van der Waals surface area (Å²) in [6.45, 7) is 1.88. The minimum atomic E-state index is -3.98. The Labute approximate surface area is 178 Å². The molecule has 0 aliphatic rings. The van der Waals surface area contributed by atoms with Crippen molar-refractivity contribution >= 4 is 44.9 Å². The van der Waals surface area contributed by atoms with Gasteiger partial charge in [-0.05, 0) is 49.4 Å². The summed E-state index contributed by atoms with van der Waals surface area (Å²) >= 11 is 6.09. The number of aryl methyl sites for hydroxylation is 1. The monoisotopic (exact) mass is 444 g/mol. The molecule has 154 valence electrons. The summed E-state index contributed by atoms with van der Waals surface area (Å²) < 4.78 is 27.9. The normalized spacial score (nSPS) is 11.0. The first-order chi connectivity index (χ1) is 14.2. The number of para-hydroxylation sites is 1. The molecule has 0 unspecified atom stereocenters. The van der Waals surface area contributed by atoms with E-state index >= 15 is 0 Å². The van der Waals surface area contributed by atoms with Crippen molar-refractivity contribution in [1.82, 2.24) is 0 Å². The lowest BCUT2D eigenvalue weighted by atomic mass is 10.1. The second kappa shape index (κ2) is 8.56. The van der Waals surface area contributed by atoms with Crippen LogP contribution in [-0.2, 0) is 10.0 Å². The molecule has 0 spiro atoms. The van der Waals surface area contributed by atoms with Gasteiger partial charge in [-0.15, -0.1) is 0 Å². The molecule has 0 aromatic heterocycles. The van der Waals surface area contributed by atoms with E-state index in [9.17, 15) is 23.1 Å². The first kappa shape index (κ1) is 21.4. The molecule has 0 bridgehead atoms. The Hall–Kier alpha value is -3.36. The Kier molecular flexibility index (Phi) is 6.09. The van der Waals surface area contributed by atoms with Crippen LogP contribution in [0.1, 0.15) is 26.3 Å². The predicted molar refractivity (Wildman–Crippen MR) is 115 cm³/mol. The Balaban J connectivity index is 1.90. The number of rotatable bonds is 6. The van der Waals surface area contributed by atoms with E-state index < -0.39 is 21.9 Å². The van der Waals surface area contributed by atoms with Crippen LogP contribution >= 0.6 is 11.6 Å². The molecule has 3 aromatic rings. The van der Waals surface area contributed by atoms with Crippen LogP contribution < -0.4 is 10.0 Å². The Morgan fingerprint density at radius 1 is 0.933 bits per heavy atom. The second-order valence-electron chi connectivity index (χ2n) is 6.42. The number of hydrogen-bond donors (Lipinski definition) is 3. The summed E-state index contributed by atoms with van der Waals surface area (Å²) in [7, 11) is -3.98. The summed E-state index contributed by atoms with van der Waals surface area (Å²) in [5.74, 6) is -1.95. The zero-order chi connectivity index (χ0) is 21.9. The fraction of sp³-hybridized carbons (Fsp3) is 0.0476. The molecular formula is C21H17ClN2O5S. The lowest BCUT2D eigenvalue weighted by Gasteiger charge is -2.12. The highest BCUT2D eigenvalue weighted by Gasteiger charge is 2.20. The molecule has 0 aliphatic heterocycles. The number of nitrogens with one attached hydrogen (secondary N) is 2. The molecule has 7 nitrogen and oxygen atoms in total. The van der Waals surface area contributed by atoms with Crippen molar-refractivity contribution in [3.05, 3.63) is 88.4 Å². The third kappa shape index (κ3) is 4.79. The van der Waals surface area contributed by atoms with E-state index in [0.717, 1.165) is 11.6 Å². The van der Waals surface area contributed by atoms with Gasteiger partial charge in [0.15, 0.2) is 0 Å². The Bertz CT molecular complexity index is 1220. The number of carbonyl (C=O) groups is 2. The zero-order valence-corrected chi connectivity index (χ0v) is 17.3. The average molecular weight is 445 g/mol. The van der Waals surface area contributed by atoms with Gasteiger partial charge in [0.2, 0.25) is 0 Å². The molecule has 1 amide bonds. The summed E-state index contributed by atoms with van der Waals surface area (Å²) in [4.78, 5) is 23.8. The molecule has 30 heavy (non-hydrogen) atoms. The summed E-state index contributed by atoms with van der Waals surface area (Å²) in [5, 5.41) is 11.7. The Morgan fingerprint density at radius 3 is 2.27 bits per heavy atom. The quantitative estimate of drug-likeness (QED) is 0.521. The van der Waals surface area contributed by atoms with Crippen LogP contribution in [0, 0.1) is 6.92 Å². The highest BCUT2D eigenvalue weighted by Crippen LogP contribution is 2.24. The molecule has 9 heteroatoms. The van der Waals surface area contributed by atoms with E-state index in [-0.39, 0.29) is 26.7 Å². The molecule has 3 N–H and O–H groups in total. The van der Waals surface area contributed by atoms with Gasteiger partial charge in [-0.1, -0.05) is 41.4 Å². The molecule has 0 radical (unpaired) electrons. The maximum absolute atomic E-state index is 12.7. The van der Waals surface area contributed by atoms with Crippen LogP contribution in [0.3, 0.4) is 0 Å². The number of benzene rings is 3. The lowest BCUT2D eigenvalue weighted by Crippen LogP contribution is -2.17. The van der Waals surface area contributed by atoms with Crippen LogP contribution in [0.2, 0.25) is 5.02 Å². The number of amides is 1. The number of aromatic carboxylic acids is 1. The number of halogens is 1. The summed E-state index contributed by atoms with van der Waals surface area (Å²) in [5.41, 5.74) is 1.20. The van der Waals surface area contributed by atoms with Crippen molar-refractivity contribution in [2.24, 2.45) is 0 Å². The van der Waals surface area contributed by atoms with E-state index in [0.29, 0.717) is 5.69 Å². The molecular weight excluding hydrogens is 428 g/mol. The molecule has 0 fully saturated rings. The molecule has 0 saturated carbocycles. The first-order valence-electron chi connectivity index (χ1n) is 8.70. The van der Waals surface area contributed by atoms with Crippen LogP contribution in [-0.4, -0.2) is 25.4 Å². The number of hydrogen-bond acceptors (Lipinski definition) is 4. The van der Waals surface area contributed by atoms with Crippen molar-refractivity contribution in [2.75, 3.05) is 10.0 Å². The van der Waals surface area contributed by atoms with Gasteiger partial charge >= 0.3 is 5.97 Å². The van der Waals surface area contributed by atoms with E-state index in [2.05, 4.69) is 10.0 Å². The van der Waals surface area contributed by atoms with Gasteiger partial charge in [0.1, 0.15) is 0 Å². The van der Waals surface area contributed by atoms with E-state index in [1.54, 1.807) is 30.3 Å². The van der Waals surface area contributed by atoms with Gasteiger partial charge in [0, 0.05) is 5.69 Å². The minimum Gasteiger partial charge on any atom is -0.478 e. The fourth-order valence-electron chi connectivity index (χ4n) is 2.65. The molecule has 0 atom stereocenters. The van der Waals surface area contributed by atoms with Gasteiger partial charge in [0.05, 0.1) is 26.7 Å². The second-order valence-corrected chi connectivity index (χ2v) is 8.51. The standard InChI is InChI=1S/C21H17ClN2O5S/c1-13-6-8-14(9-7-13)24-30(28,29)15-10-11-18(22)17(12-15)20(25)23-19-5-3-2-4-16(19)21(26)27/h2-12,24H,1H3,(H,23,25)(H,26,27). The molecule has 0 heterocycles. The van der Waals surface area contributed by atoms with Crippen molar-refractivity contribution in [1.29, 1.82) is 0 Å². The largest absolute Gasteiger partial charge is 0.478 e. The Morgan fingerprint density at radius 2 is 1.60 bits per heavy atom. The predicted octanol–water partition coefficient (Wildman–Crippen LogP) is 4.40.